The second-order valence-corrected chi connectivity index (χ2v) is 20.7. The lowest BCUT2D eigenvalue weighted by atomic mass is 9.66. The lowest BCUT2D eigenvalue weighted by Gasteiger charge is -2.49. The second kappa shape index (κ2) is 15.7. The molecule has 0 amide bonds. The Morgan fingerprint density at radius 1 is 0.677 bits per heavy atom. The fraction of sp³-hybridized carbons (Fsp3) is 0.270. The molecule has 5 aromatic rings. The number of rotatable bonds is 7. The molecule has 2 aliphatic heterocycles. The molecule has 0 saturated carbocycles. The molecule has 0 radical (unpaired) electrons. The Morgan fingerprint density at radius 3 is 2.11 bits per heavy atom. The highest BCUT2D eigenvalue weighted by atomic mass is 15.2. The van der Waals surface area contributed by atoms with Crippen molar-refractivity contribution in [3.05, 3.63) is 225 Å². The van der Waals surface area contributed by atoms with Crippen LogP contribution in [0.15, 0.2) is 181 Å². The molecule has 0 fully saturated rings. The summed E-state index contributed by atoms with van der Waals surface area (Å²) in [5, 5.41) is 2.59. The van der Waals surface area contributed by atoms with Crippen LogP contribution in [-0.2, 0) is 16.2 Å². The minimum atomic E-state index is -0.260. The van der Waals surface area contributed by atoms with Crippen molar-refractivity contribution in [1.82, 2.24) is 4.90 Å². The highest BCUT2D eigenvalue weighted by Gasteiger charge is 2.45. The molecule has 65 heavy (non-hydrogen) atoms. The van der Waals surface area contributed by atoms with Crippen LogP contribution in [0.5, 0.6) is 0 Å². The predicted molar refractivity (Wildman–Crippen MR) is 278 cm³/mol. The van der Waals surface area contributed by atoms with E-state index in [1.165, 1.54) is 88.9 Å². The molecule has 5 aliphatic rings. The van der Waals surface area contributed by atoms with Gasteiger partial charge in [0.25, 0.3) is 0 Å². The third-order valence-corrected chi connectivity index (χ3v) is 15.5. The van der Waals surface area contributed by atoms with Gasteiger partial charge in [0.1, 0.15) is 0 Å². The topological polar surface area (TPSA) is 6.48 Å². The molecule has 3 aliphatic carbocycles. The molecule has 0 saturated heterocycles. The van der Waals surface area contributed by atoms with Crippen molar-refractivity contribution in [2.75, 3.05) is 4.90 Å². The molecule has 10 rings (SSSR count). The molecule has 2 atom stereocenters. The largest absolute Gasteiger partial charge is 0.356 e. The second-order valence-electron chi connectivity index (χ2n) is 20.7. The molecule has 0 spiro atoms. The summed E-state index contributed by atoms with van der Waals surface area (Å²) in [7, 11) is 0. The predicted octanol–water partition coefficient (Wildman–Crippen LogP) is 14.7. The first-order valence-corrected chi connectivity index (χ1v) is 23.9. The Labute approximate surface area is 388 Å². The van der Waals surface area contributed by atoms with Gasteiger partial charge in [0.05, 0.1) is 22.6 Å². The maximum absolute atomic E-state index is 4.44. The number of allylic oxidation sites excluding steroid dienone is 11. The fourth-order valence-electron chi connectivity index (χ4n) is 12.1. The van der Waals surface area contributed by atoms with Gasteiger partial charge in [0, 0.05) is 28.0 Å². The van der Waals surface area contributed by atoms with E-state index in [4.69, 9.17) is 0 Å². The van der Waals surface area contributed by atoms with Crippen LogP contribution in [0.4, 0.5) is 17.1 Å². The summed E-state index contributed by atoms with van der Waals surface area (Å²) in [5.74, 6) is 0. The first kappa shape index (κ1) is 42.6. The minimum absolute atomic E-state index is 0.0797. The van der Waals surface area contributed by atoms with E-state index < -0.39 is 0 Å². The minimum Gasteiger partial charge on any atom is -0.356 e. The van der Waals surface area contributed by atoms with Crippen LogP contribution in [0.1, 0.15) is 115 Å². The van der Waals surface area contributed by atoms with Crippen molar-refractivity contribution >= 4 is 34.8 Å². The van der Waals surface area contributed by atoms with Gasteiger partial charge >= 0.3 is 0 Å². The van der Waals surface area contributed by atoms with Crippen molar-refractivity contribution in [3.8, 4) is 11.1 Å². The summed E-state index contributed by atoms with van der Waals surface area (Å²) >= 11 is 0. The molecule has 2 heterocycles. The number of hydrogen-bond acceptors (Lipinski definition) is 2. The van der Waals surface area contributed by atoms with Gasteiger partial charge in [-0.05, 0) is 136 Å². The van der Waals surface area contributed by atoms with Crippen LogP contribution < -0.4 is 15.3 Å². The van der Waals surface area contributed by atoms with Gasteiger partial charge in [-0.25, -0.2) is 0 Å². The lowest BCUT2D eigenvalue weighted by Crippen LogP contribution is -2.51. The summed E-state index contributed by atoms with van der Waals surface area (Å²) in [4.78, 5) is 5.17. The van der Waals surface area contributed by atoms with Crippen molar-refractivity contribution in [2.45, 2.75) is 109 Å². The Balaban J connectivity index is 1.03. The van der Waals surface area contributed by atoms with Gasteiger partial charge in [-0.1, -0.05) is 194 Å². The smallest absolute Gasteiger partial charge is 0.0606 e. The van der Waals surface area contributed by atoms with Gasteiger partial charge in [-0.15, -0.1) is 0 Å². The summed E-state index contributed by atoms with van der Waals surface area (Å²) in [6.07, 6.45) is 27.9. The van der Waals surface area contributed by atoms with E-state index in [1.54, 1.807) is 0 Å². The van der Waals surface area contributed by atoms with Crippen molar-refractivity contribution in [1.29, 1.82) is 0 Å². The molecule has 1 unspecified atom stereocenters. The first-order valence-electron chi connectivity index (χ1n) is 23.9. The monoisotopic (exact) mass is 849 g/mol. The SMILES string of the molecule is C=C1C=C(N(C(C)/C=C\C2=C(CC)C(C)(C)c3cc(-c4ccc5c(c4)C(C)(C)c4cccc6c4N5c4ccccc4C6(C)C)ccc32)[C@]2(C)C=c3ccccc3=CC2)/C=C\C/C=C\C=C/1. The molecule has 5 aromatic carbocycles. The number of fused-ring (bicyclic) bond motifs is 6. The van der Waals surface area contributed by atoms with Crippen LogP contribution in [0.2, 0.25) is 0 Å². The Kier molecular flexibility index (Phi) is 10.3. The maximum Gasteiger partial charge on any atom is 0.0606 e. The van der Waals surface area contributed by atoms with Gasteiger partial charge in [0.2, 0.25) is 0 Å². The zero-order valence-corrected chi connectivity index (χ0v) is 40.0. The Hall–Kier alpha value is -6.38. The number of para-hydroxylation sites is 2. The zero-order valence-electron chi connectivity index (χ0n) is 40.0. The van der Waals surface area contributed by atoms with Crippen LogP contribution in [0, 0.1) is 0 Å². The third-order valence-electron chi connectivity index (χ3n) is 15.5. The van der Waals surface area contributed by atoms with Crippen LogP contribution in [0.25, 0.3) is 28.9 Å². The first-order chi connectivity index (χ1) is 31.1. The van der Waals surface area contributed by atoms with E-state index in [0.29, 0.717) is 0 Å². The summed E-state index contributed by atoms with van der Waals surface area (Å²) in [6, 6.07) is 39.4. The Morgan fingerprint density at radius 2 is 1.34 bits per heavy atom. The van der Waals surface area contributed by atoms with E-state index in [0.717, 1.165) is 24.8 Å². The van der Waals surface area contributed by atoms with Crippen LogP contribution in [0.3, 0.4) is 0 Å². The molecule has 326 valence electrons. The quantitative estimate of drug-likeness (QED) is 0.161. The van der Waals surface area contributed by atoms with Crippen molar-refractivity contribution < 1.29 is 0 Å². The summed E-state index contributed by atoms with van der Waals surface area (Å²) in [6.45, 7) is 26.0. The van der Waals surface area contributed by atoms with E-state index in [1.807, 2.05) is 0 Å². The van der Waals surface area contributed by atoms with Gasteiger partial charge in [-0.3, -0.25) is 0 Å². The van der Waals surface area contributed by atoms with E-state index in [-0.39, 0.29) is 27.8 Å². The average Bonchev–Trinajstić information content (AvgIpc) is 3.51. The molecule has 2 heteroatoms. The lowest BCUT2D eigenvalue weighted by molar-refractivity contribution is 0.193. The van der Waals surface area contributed by atoms with E-state index in [9.17, 15) is 0 Å². The molecule has 0 N–H and O–H groups in total. The molecular formula is C63H64N2. The van der Waals surface area contributed by atoms with Crippen molar-refractivity contribution in [2.24, 2.45) is 0 Å². The van der Waals surface area contributed by atoms with Crippen LogP contribution >= 0.6 is 0 Å². The zero-order chi connectivity index (χ0) is 45.5. The normalized spacial score (nSPS) is 22.5. The van der Waals surface area contributed by atoms with Gasteiger partial charge in [0.15, 0.2) is 0 Å². The third kappa shape index (κ3) is 6.82. The fourth-order valence-corrected chi connectivity index (χ4v) is 12.1. The van der Waals surface area contributed by atoms with Crippen LogP contribution in [-0.4, -0.2) is 16.5 Å². The van der Waals surface area contributed by atoms with Gasteiger partial charge < -0.3 is 9.80 Å². The molecule has 0 bridgehead atoms. The standard InChI is InChI=1S/C63H64N2/c1-11-51-49(33-30-43(3)65(48-25-16-14-12-13-15-22-42(2)38-48)63(10)37-36-44-23-17-18-24-47(44)41-63)50-34-31-45(39-55(50)60(51,4)5)46-32-35-58-56(40-46)62(8,9)54-28-21-27-53-59(54)64(58)57-29-20-19-26-52(57)61(53,6)7/h12-13,15-36,38-41,43H,2,11,14,37H2,1,3-10H3/b13-12-,22-15-,25-16-,33-30-,48-38?/t43?,63-/m0/s1. The van der Waals surface area contributed by atoms with Gasteiger partial charge in [-0.2, -0.15) is 0 Å². The molecule has 0 aromatic heterocycles. The molecular weight excluding hydrogens is 785 g/mol. The number of anilines is 3. The number of benzene rings is 5. The number of nitrogens with zero attached hydrogens (tertiary/aromatic N) is 2. The highest BCUT2D eigenvalue weighted by molar-refractivity contribution is 5.94. The summed E-state index contributed by atoms with van der Waals surface area (Å²) in [5.41, 5.74) is 19.1. The van der Waals surface area contributed by atoms with E-state index in [2.05, 4.69) is 249 Å². The molecule has 2 nitrogen and oxygen atoms in total. The maximum atomic E-state index is 4.44. The highest BCUT2D eigenvalue weighted by Crippen LogP contribution is 2.60. The average molecular weight is 849 g/mol. The Bertz CT molecular complexity index is 3120. The van der Waals surface area contributed by atoms with Crippen molar-refractivity contribution in [3.63, 3.8) is 0 Å². The van der Waals surface area contributed by atoms with E-state index >= 15 is 0 Å². The summed E-state index contributed by atoms with van der Waals surface area (Å²) < 4.78 is 0. The number of hydrogen-bond donors (Lipinski definition) is 0.